The van der Waals surface area contributed by atoms with Gasteiger partial charge in [-0.2, -0.15) is 0 Å². The Labute approximate surface area is 70.7 Å². The van der Waals surface area contributed by atoms with Crippen molar-refractivity contribution in [1.82, 2.24) is 0 Å². The maximum absolute atomic E-state index is 5.72. The van der Waals surface area contributed by atoms with Crippen LogP contribution in [0.3, 0.4) is 0 Å². The highest BCUT2D eigenvalue weighted by molar-refractivity contribution is 4.94. The lowest BCUT2D eigenvalue weighted by Crippen LogP contribution is -2.25. The molecule has 1 heteroatoms. The van der Waals surface area contributed by atoms with E-state index in [4.69, 9.17) is 5.73 Å². The first-order chi connectivity index (χ1) is 4.83. The molecule has 0 aliphatic rings. The van der Waals surface area contributed by atoms with Crippen LogP contribution >= 0.6 is 0 Å². The van der Waals surface area contributed by atoms with Gasteiger partial charge in [0, 0.05) is 6.04 Å². The van der Waals surface area contributed by atoms with Gasteiger partial charge >= 0.3 is 0 Å². The van der Waals surface area contributed by atoms with E-state index in [1.54, 1.807) is 0 Å². The minimum atomic E-state index is 0.296. The number of hydrogen-bond donors (Lipinski definition) is 1. The molecular weight excluding hydrogens is 134 g/mol. The molecular formula is C10H21N. The second kappa shape index (κ2) is 3.91. The van der Waals surface area contributed by atoms with E-state index in [2.05, 4.69) is 34.3 Å². The molecule has 0 aliphatic heterocycles. The molecule has 0 aromatic heterocycles. The summed E-state index contributed by atoms with van der Waals surface area (Å²) in [6.45, 7) is 12.5. The zero-order valence-electron chi connectivity index (χ0n) is 8.28. The molecule has 0 saturated carbocycles. The van der Waals surface area contributed by atoms with Crippen molar-refractivity contribution in [1.29, 1.82) is 0 Å². The number of hydrogen-bond acceptors (Lipinski definition) is 1. The Morgan fingerprint density at radius 2 is 2.00 bits per heavy atom. The highest BCUT2D eigenvalue weighted by Gasteiger charge is 2.19. The molecule has 0 fully saturated rings. The summed E-state index contributed by atoms with van der Waals surface area (Å²) in [6, 6.07) is 0.296. The van der Waals surface area contributed by atoms with Crippen LogP contribution < -0.4 is 5.73 Å². The van der Waals surface area contributed by atoms with Gasteiger partial charge in [0.05, 0.1) is 0 Å². The molecule has 0 aliphatic carbocycles. The van der Waals surface area contributed by atoms with Gasteiger partial charge in [-0.25, -0.2) is 0 Å². The van der Waals surface area contributed by atoms with Crippen LogP contribution in [-0.4, -0.2) is 6.04 Å². The summed E-state index contributed by atoms with van der Waals surface area (Å²) in [6.07, 6.45) is 2.15. The Hall–Kier alpha value is -0.300. The molecule has 0 spiro atoms. The zero-order chi connectivity index (χ0) is 9.07. The van der Waals surface area contributed by atoms with E-state index in [1.165, 1.54) is 5.57 Å². The minimum absolute atomic E-state index is 0.296. The smallest absolute Gasteiger partial charge is 0.00156 e. The van der Waals surface area contributed by atoms with E-state index in [0.29, 0.717) is 11.5 Å². The topological polar surface area (TPSA) is 26.0 Å². The lowest BCUT2D eigenvalue weighted by molar-refractivity contribution is 0.309. The van der Waals surface area contributed by atoms with Crippen LogP contribution in [-0.2, 0) is 0 Å². The van der Waals surface area contributed by atoms with E-state index in [-0.39, 0.29) is 0 Å². The normalized spacial score (nSPS) is 14.6. The Morgan fingerprint density at radius 3 is 2.27 bits per heavy atom. The maximum atomic E-state index is 5.72. The summed E-state index contributed by atoms with van der Waals surface area (Å²) >= 11 is 0. The van der Waals surface area contributed by atoms with Crippen molar-refractivity contribution in [3.63, 3.8) is 0 Å². The van der Waals surface area contributed by atoms with Crippen LogP contribution in [0.4, 0.5) is 0 Å². The summed E-state index contributed by atoms with van der Waals surface area (Å²) in [5.41, 5.74) is 7.29. The molecule has 2 N–H and O–H groups in total. The second-order valence-electron chi connectivity index (χ2n) is 4.48. The number of allylic oxidation sites excluding steroid dienone is 1. The highest BCUT2D eigenvalue weighted by Crippen LogP contribution is 2.28. The van der Waals surface area contributed by atoms with Crippen LogP contribution in [0, 0.1) is 5.41 Å². The third-order valence-electron chi connectivity index (χ3n) is 1.65. The van der Waals surface area contributed by atoms with Crippen molar-refractivity contribution in [2.24, 2.45) is 11.1 Å². The fourth-order valence-corrected chi connectivity index (χ4v) is 1.76. The first kappa shape index (κ1) is 10.7. The lowest BCUT2D eigenvalue weighted by atomic mass is 9.81. The molecule has 0 aromatic rings. The van der Waals surface area contributed by atoms with Gasteiger partial charge in [0.25, 0.3) is 0 Å². The Kier molecular flexibility index (Phi) is 3.81. The molecule has 0 heterocycles. The van der Waals surface area contributed by atoms with E-state index in [0.717, 1.165) is 12.8 Å². The first-order valence-corrected chi connectivity index (χ1v) is 4.23. The predicted molar refractivity (Wildman–Crippen MR) is 51.5 cm³/mol. The molecule has 0 aromatic carbocycles. The Bertz CT molecular complexity index is 134. The summed E-state index contributed by atoms with van der Waals surface area (Å²) in [5, 5.41) is 0. The summed E-state index contributed by atoms with van der Waals surface area (Å²) in [5.74, 6) is 0. The van der Waals surface area contributed by atoms with Crippen LogP contribution in [0.1, 0.15) is 40.5 Å². The van der Waals surface area contributed by atoms with Crippen molar-refractivity contribution in [3.05, 3.63) is 12.2 Å². The van der Waals surface area contributed by atoms with Gasteiger partial charge in [0.1, 0.15) is 0 Å². The van der Waals surface area contributed by atoms with Crippen molar-refractivity contribution >= 4 is 0 Å². The molecule has 0 bridgehead atoms. The SMILES string of the molecule is C=C(C)CC(C)(C)CC(C)N. The molecule has 66 valence electrons. The van der Waals surface area contributed by atoms with Gasteiger partial charge < -0.3 is 5.73 Å². The summed E-state index contributed by atoms with van der Waals surface area (Å²) < 4.78 is 0. The number of nitrogens with two attached hydrogens (primary N) is 1. The van der Waals surface area contributed by atoms with Crippen LogP contribution in [0.15, 0.2) is 12.2 Å². The van der Waals surface area contributed by atoms with Crippen LogP contribution in [0.2, 0.25) is 0 Å². The van der Waals surface area contributed by atoms with Gasteiger partial charge in [-0.1, -0.05) is 19.4 Å². The van der Waals surface area contributed by atoms with Crippen molar-refractivity contribution in [2.75, 3.05) is 0 Å². The quantitative estimate of drug-likeness (QED) is 0.621. The monoisotopic (exact) mass is 155 g/mol. The second-order valence-corrected chi connectivity index (χ2v) is 4.48. The van der Waals surface area contributed by atoms with Gasteiger partial charge in [-0.15, -0.1) is 6.58 Å². The molecule has 1 atom stereocenters. The molecule has 1 unspecified atom stereocenters. The third-order valence-corrected chi connectivity index (χ3v) is 1.65. The molecule has 0 rings (SSSR count). The fourth-order valence-electron chi connectivity index (χ4n) is 1.76. The van der Waals surface area contributed by atoms with Gasteiger partial charge in [0.2, 0.25) is 0 Å². The van der Waals surface area contributed by atoms with E-state index >= 15 is 0 Å². The van der Waals surface area contributed by atoms with E-state index in [1.807, 2.05) is 0 Å². The maximum Gasteiger partial charge on any atom is 0.00156 e. The summed E-state index contributed by atoms with van der Waals surface area (Å²) in [4.78, 5) is 0. The average Bonchev–Trinajstić information content (AvgIpc) is 1.53. The summed E-state index contributed by atoms with van der Waals surface area (Å²) in [7, 11) is 0. The van der Waals surface area contributed by atoms with Crippen LogP contribution in [0.5, 0.6) is 0 Å². The zero-order valence-corrected chi connectivity index (χ0v) is 8.28. The molecule has 1 nitrogen and oxygen atoms in total. The largest absolute Gasteiger partial charge is 0.328 e. The molecule has 0 radical (unpaired) electrons. The van der Waals surface area contributed by atoms with E-state index < -0.39 is 0 Å². The first-order valence-electron chi connectivity index (χ1n) is 4.23. The Balaban J connectivity index is 3.89. The lowest BCUT2D eigenvalue weighted by Gasteiger charge is -2.26. The van der Waals surface area contributed by atoms with E-state index in [9.17, 15) is 0 Å². The standard InChI is InChI=1S/C10H21N/c1-8(2)6-10(4,5)7-9(3)11/h9H,1,6-7,11H2,2-5H3. The molecule has 0 saturated heterocycles. The van der Waals surface area contributed by atoms with Gasteiger partial charge in [0.15, 0.2) is 0 Å². The van der Waals surface area contributed by atoms with Crippen molar-refractivity contribution in [3.8, 4) is 0 Å². The van der Waals surface area contributed by atoms with Crippen molar-refractivity contribution in [2.45, 2.75) is 46.6 Å². The highest BCUT2D eigenvalue weighted by atomic mass is 14.6. The average molecular weight is 155 g/mol. The third kappa shape index (κ3) is 6.11. The number of rotatable bonds is 4. The van der Waals surface area contributed by atoms with Gasteiger partial charge in [-0.3, -0.25) is 0 Å². The fraction of sp³-hybridized carbons (Fsp3) is 0.800. The van der Waals surface area contributed by atoms with Gasteiger partial charge in [-0.05, 0) is 32.1 Å². The predicted octanol–water partition coefficient (Wildman–Crippen LogP) is 2.72. The molecule has 0 amide bonds. The van der Waals surface area contributed by atoms with Crippen molar-refractivity contribution < 1.29 is 0 Å². The van der Waals surface area contributed by atoms with Crippen LogP contribution in [0.25, 0.3) is 0 Å². The minimum Gasteiger partial charge on any atom is -0.328 e. The Morgan fingerprint density at radius 1 is 1.55 bits per heavy atom. The molecule has 11 heavy (non-hydrogen) atoms.